The number of nitrogens with zero attached hydrogens (tertiary/aromatic N) is 2. The molecule has 0 radical (unpaired) electrons. The molecule has 0 N–H and O–H groups in total. The molecule has 0 aliphatic carbocycles. The number of hydrogen-bond donors (Lipinski definition) is 0. The van der Waals surface area contributed by atoms with Gasteiger partial charge in [0.2, 0.25) is 0 Å². The molecule has 0 atom stereocenters. The maximum atomic E-state index is 9.00. The molecule has 0 saturated carbocycles. The molecular formula is C10H11N2S+. The van der Waals surface area contributed by atoms with Crippen LogP contribution in [0.25, 0.3) is 0 Å². The molecule has 0 aromatic carbocycles. The highest BCUT2D eigenvalue weighted by atomic mass is 32.2. The van der Waals surface area contributed by atoms with Crippen LogP contribution in [-0.2, 0) is 6.54 Å². The number of nitriles is 1. The van der Waals surface area contributed by atoms with Crippen molar-refractivity contribution in [2.75, 3.05) is 5.75 Å². The third-order valence-corrected chi connectivity index (χ3v) is 3.45. The Bertz CT molecular complexity index is 404. The number of thioether (sulfide) groups is 1. The Balaban J connectivity index is 2.74. The van der Waals surface area contributed by atoms with Crippen LogP contribution in [0.15, 0.2) is 11.1 Å². The molecule has 0 bridgehead atoms. The minimum atomic E-state index is 0.855. The van der Waals surface area contributed by atoms with Crippen LogP contribution in [0, 0.1) is 25.2 Å². The standard InChI is InChI=1S/C10H11N2S/c1-7-5-8(2)12-3-4-13-10(12)9(7)6-11/h5H,3-4H2,1-2H3/q+1. The fourth-order valence-electron chi connectivity index (χ4n) is 1.72. The summed E-state index contributed by atoms with van der Waals surface area (Å²) in [7, 11) is 0. The lowest BCUT2D eigenvalue weighted by molar-refractivity contribution is -0.729. The monoisotopic (exact) mass is 191 g/mol. The zero-order valence-corrected chi connectivity index (χ0v) is 8.61. The van der Waals surface area contributed by atoms with E-state index in [1.165, 1.54) is 5.69 Å². The van der Waals surface area contributed by atoms with Gasteiger partial charge in [0.25, 0.3) is 5.03 Å². The van der Waals surface area contributed by atoms with Gasteiger partial charge < -0.3 is 0 Å². The number of pyridine rings is 1. The van der Waals surface area contributed by atoms with Crippen molar-refractivity contribution in [3.8, 4) is 6.07 Å². The fraction of sp³-hybridized carbons (Fsp3) is 0.400. The number of aromatic nitrogens is 1. The molecule has 1 aromatic heterocycles. The first kappa shape index (κ1) is 8.58. The minimum Gasteiger partial charge on any atom is -0.192 e. The van der Waals surface area contributed by atoms with Crippen molar-refractivity contribution in [3.63, 3.8) is 0 Å². The van der Waals surface area contributed by atoms with E-state index >= 15 is 0 Å². The maximum absolute atomic E-state index is 9.00. The van der Waals surface area contributed by atoms with Crippen molar-refractivity contribution in [3.05, 3.63) is 22.9 Å². The van der Waals surface area contributed by atoms with Gasteiger partial charge in [-0.2, -0.15) is 9.83 Å². The largest absolute Gasteiger partial charge is 0.258 e. The molecule has 0 spiro atoms. The molecule has 0 amide bonds. The van der Waals surface area contributed by atoms with Gasteiger partial charge in [0.1, 0.15) is 11.6 Å². The van der Waals surface area contributed by atoms with E-state index in [-0.39, 0.29) is 0 Å². The van der Waals surface area contributed by atoms with Gasteiger partial charge in [-0.1, -0.05) is 0 Å². The normalized spacial score (nSPS) is 13.9. The maximum Gasteiger partial charge on any atom is 0.258 e. The Labute approximate surface area is 82.2 Å². The van der Waals surface area contributed by atoms with Gasteiger partial charge in [0, 0.05) is 13.0 Å². The van der Waals surface area contributed by atoms with E-state index in [0.29, 0.717) is 0 Å². The number of hydrogen-bond acceptors (Lipinski definition) is 2. The second-order valence-corrected chi connectivity index (χ2v) is 4.34. The zero-order valence-electron chi connectivity index (χ0n) is 7.79. The molecule has 3 heteroatoms. The van der Waals surface area contributed by atoms with Crippen LogP contribution < -0.4 is 4.57 Å². The molecule has 0 saturated heterocycles. The quantitative estimate of drug-likeness (QED) is 0.582. The molecule has 2 nitrogen and oxygen atoms in total. The summed E-state index contributed by atoms with van der Waals surface area (Å²) < 4.78 is 2.23. The van der Waals surface area contributed by atoms with Crippen LogP contribution in [0.1, 0.15) is 16.8 Å². The van der Waals surface area contributed by atoms with E-state index in [0.717, 1.165) is 28.5 Å². The van der Waals surface area contributed by atoms with Crippen LogP contribution in [0.5, 0.6) is 0 Å². The SMILES string of the molecule is Cc1cc(C)[n+]2c(c1C#N)SCC2. The molecule has 1 aliphatic rings. The minimum absolute atomic E-state index is 0.855. The lowest BCUT2D eigenvalue weighted by atomic mass is 10.1. The first-order valence-corrected chi connectivity index (χ1v) is 5.29. The molecule has 0 unspecified atom stereocenters. The van der Waals surface area contributed by atoms with E-state index in [4.69, 9.17) is 5.26 Å². The lowest BCUT2D eigenvalue weighted by Crippen LogP contribution is -2.37. The Morgan fingerprint density at radius 2 is 2.31 bits per heavy atom. The summed E-state index contributed by atoms with van der Waals surface area (Å²) >= 11 is 1.79. The van der Waals surface area contributed by atoms with Gasteiger partial charge >= 0.3 is 0 Å². The Morgan fingerprint density at radius 1 is 1.54 bits per heavy atom. The Kier molecular flexibility index (Phi) is 2.01. The highest BCUT2D eigenvalue weighted by Gasteiger charge is 2.27. The lowest BCUT2D eigenvalue weighted by Gasteiger charge is -2.01. The van der Waals surface area contributed by atoms with Gasteiger partial charge in [-0.05, 0) is 24.2 Å². The van der Waals surface area contributed by atoms with Gasteiger partial charge in [-0.25, -0.2) is 0 Å². The van der Waals surface area contributed by atoms with Gasteiger partial charge in [0.15, 0.2) is 12.2 Å². The first-order chi connectivity index (χ1) is 6.24. The number of rotatable bonds is 0. The highest BCUT2D eigenvalue weighted by molar-refractivity contribution is 7.99. The van der Waals surface area contributed by atoms with E-state index in [1.807, 2.05) is 6.92 Å². The number of aryl methyl sites for hydroxylation is 2. The molecule has 1 aliphatic heterocycles. The summed E-state index contributed by atoms with van der Waals surface area (Å²) in [6.45, 7) is 5.15. The summed E-state index contributed by atoms with van der Waals surface area (Å²) in [5, 5.41) is 10.1. The predicted molar refractivity (Wildman–Crippen MR) is 51.6 cm³/mol. The summed E-state index contributed by atoms with van der Waals surface area (Å²) in [6.07, 6.45) is 0. The highest BCUT2D eigenvalue weighted by Crippen LogP contribution is 2.25. The Hall–Kier alpha value is -1.01. The van der Waals surface area contributed by atoms with Crippen LogP contribution >= 0.6 is 11.8 Å². The second kappa shape index (κ2) is 3.04. The van der Waals surface area contributed by atoms with E-state index < -0.39 is 0 Å². The molecule has 2 rings (SSSR count). The van der Waals surface area contributed by atoms with Crippen LogP contribution in [0.3, 0.4) is 0 Å². The molecule has 66 valence electrons. The van der Waals surface area contributed by atoms with Gasteiger partial charge in [-0.15, -0.1) is 0 Å². The van der Waals surface area contributed by atoms with Crippen molar-refractivity contribution in [1.29, 1.82) is 5.26 Å². The van der Waals surface area contributed by atoms with Crippen LogP contribution in [0.2, 0.25) is 0 Å². The third-order valence-electron chi connectivity index (χ3n) is 2.37. The smallest absolute Gasteiger partial charge is 0.192 e. The van der Waals surface area contributed by atoms with E-state index in [9.17, 15) is 0 Å². The predicted octanol–water partition coefficient (Wildman–Crippen LogP) is 1.57. The molecule has 2 heterocycles. The second-order valence-electron chi connectivity index (χ2n) is 3.26. The van der Waals surface area contributed by atoms with Crippen LogP contribution in [-0.4, -0.2) is 5.75 Å². The third kappa shape index (κ3) is 1.22. The van der Waals surface area contributed by atoms with Crippen LogP contribution in [0.4, 0.5) is 0 Å². The molecule has 13 heavy (non-hydrogen) atoms. The van der Waals surface area contributed by atoms with Crippen molar-refractivity contribution in [1.82, 2.24) is 0 Å². The van der Waals surface area contributed by atoms with Gasteiger partial charge in [0.05, 0.1) is 5.75 Å². The summed E-state index contributed by atoms with van der Waals surface area (Å²) in [6, 6.07) is 4.37. The number of fused-ring (bicyclic) bond motifs is 1. The van der Waals surface area contributed by atoms with Crippen molar-refractivity contribution in [2.45, 2.75) is 25.4 Å². The molecule has 1 aromatic rings. The van der Waals surface area contributed by atoms with E-state index in [2.05, 4.69) is 23.6 Å². The zero-order chi connectivity index (χ0) is 9.42. The summed E-state index contributed by atoms with van der Waals surface area (Å²) in [5.74, 6) is 1.10. The molecular weight excluding hydrogens is 180 g/mol. The average molecular weight is 191 g/mol. The Morgan fingerprint density at radius 3 is 3.00 bits per heavy atom. The fourth-order valence-corrected chi connectivity index (χ4v) is 2.93. The topological polar surface area (TPSA) is 27.7 Å². The first-order valence-electron chi connectivity index (χ1n) is 4.31. The summed E-state index contributed by atoms with van der Waals surface area (Å²) in [5.41, 5.74) is 3.21. The average Bonchev–Trinajstić information content (AvgIpc) is 2.53. The van der Waals surface area contributed by atoms with Gasteiger partial charge in [-0.3, -0.25) is 0 Å². The molecule has 0 fully saturated rings. The van der Waals surface area contributed by atoms with Crippen molar-refractivity contribution < 1.29 is 4.57 Å². The van der Waals surface area contributed by atoms with Crippen molar-refractivity contribution >= 4 is 11.8 Å². The van der Waals surface area contributed by atoms with E-state index in [1.54, 1.807) is 11.8 Å². The summed E-state index contributed by atoms with van der Waals surface area (Å²) in [4.78, 5) is 0. The van der Waals surface area contributed by atoms with Crippen molar-refractivity contribution in [2.24, 2.45) is 0 Å².